The average Bonchev–Trinajstić information content (AvgIpc) is 2.78. The van der Waals surface area contributed by atoms with Gasteiger partial charge in [0.1, 0.15) is 5.75 Å². The molecule has 0 fully saturated rings. The maximum absolute atomic E-state index is 12.9. The van der Waals surface area contributed by atoms with E-state index in [0.29, 0.717) is 17.1 Å². The second-order valence-corrected chi connectivity index (χ2v) is 10.4. The van der Waals surface area contributed by atoms with Crippen molar-refractivity contribution in [2.24, 2.45) is 0 Å². The summed E-state index contributed by atoms with van der Waals surface area (Å²) in [7, 11) is -2.20. The lowest BCUT2D eigenvalue weighted by Gasteiger charge is -2.19. The Morgan fingerprint density at radius 2 is 1.69 bits per heavy atom. The largest absolute Gasteiger partial charge is 0.483 e. The summed E-state index contributed by atoms with van der Waals surface area (Å²) < 4.78 is 33.6. The number of benzene rings is 3. The summed E-state index contributed by atoms with van der Waals surface area (Å²) in [5.41, 5.74) is 2.06. The summed E-state index contributed by atoms with van der Waals surface area (Å²) in [5, 5.41) is 2.73. The van der Waals surface area contributed by atoms with Crippen molar-refractivity contribution in [3.63, 3.8) is 0 Å². The van der Waals surface area contributed by atoms with Crippen molar-refractivity contribution in [2.75, 3.05) is 23.3 Å². The van der Waals surface area contributed by atoms with Gasteiger partial charge in [-0.15, -0.1) is 0 Å². The molecule has 0 atom stereocenters. The normalized spacial score (nSPS) is 11.3. The van der Waals surface area contributed by atoms with Crippen LogP contribution >= 0.6 is 15.9 Å². The molecule has 0 bridgehead atoms. The van der Waals surface area contributed by atoms with Crippen LogP contribution in [0.15, 0.2) is 82.2 Å². The molecule has 0 unspecified atom stereocenters. The van der Waals surface area contributed by atoms with E-state index < -0.39 is 10.0 Å². The number of nitrogens with one attached hydrogen (secondary N) is 1. The third-order valence-electron chi connectivity index (χ3n) is 4.87. The number of halogens is 1. The van der Waals surface area contributed by atoms with Crippen molar-refractivity contribution in [3.8, 4) is 5.75 Å². The minimum atomic E-state index is -3.71. The summed E-state index contributed by atoms with van der Waals surface area (Å²) in [4.78, 5) is 12.5. The van der Waals surface area contributed by atoms with E-state index in [0.717, 1.165) is 10.0 Å². The Kier molecular flexibility index (Phi) is 7.58. The van der Waals surface area contributed by atoms with Crippen LogP contribution in [0.4, 0.5) is 11.4 Å². The highest BCUT2D eigenvalue weighted by Crippen LogP contribution is 2.29. The van der Waals surface area contributed by atoms with Crippen LogP contribution in [0.2, 0.25) is 0 Å². The average molecular weight is 517 g/mol. The van der Waals surface area contributed by atoms with Gasteiger partial charge < -0.3 is 10.1 Å². The maximum atomic E-state index is 12.9. The van der Waals surface area contributed by atoms with Crippen LogP contribution in [0.1, 0.15) is 25.3 Å². The summed E-state index contributed by atoms with van der Waals surface area (Å²) in [6.07, 6.45) is 0. The standard InChI is InChI=1S/C24H25BrN2O4S/c1-17(2)22-15-18(25)9-14-23(22)31-16-24(28)26-19-10-12-21(13-11-19)32(29,30)27(3)20-7-5-4-6-8-20/h4-15,17H,16H2,1-3H3,(H,26,28). The van der Waals surface area contributed by atoms with E-state index in [1.165, 1.54) is 23.5 Å². The molecule has 0 aliphatic carbocycles. The lowest BCUT2D eigenvalue weighted by Crippen LogP contribution is -2.26. The van der Waals surface area contributed by atoms with Gasteiger partial charge in [-0.05, 0) is 66.1 Å². The number of hydrogen-bond donors (Lipinski definition) is 1. The summed E-state index contributed by atoms with van der Waals surface area (Å²) in [6, 6.07) is 20.6. The van der Waals surface area contributed by atoms with Gasteiger partial charge in [-0.2, -0.15) is 0 Å². The van der Waals surface area contributed by atoms with Crippen LogP contribution in [-0.2, 0) is 14.8 Å². The smallest absolute Gasteiger partial charge is 0.264 e. The summed E-state index contributed by atoms with van der Waals surface area (Å²) in [6.45, 7) is 3.96. The third kappa shape index (κ3) is 5.69. The van der Waals surface area contributed by atoms with Gasteiger partial charge in [0.05, 0.1) is 10.6 Å². The molecule has 0 aliphatic heterocycles. The Balaban J connectivity index is 1.64. The lowest BCUT2D eigenvalue weighted by atomic mass is 10.0. The van der Waals surface area contributed by atoms with Gasteiger partial charge in [0.25, 0.3) is 15.9 Å². The Morgan fingerprint density at radius 3 is 2.31 bits per heavy atom. The molecular weight excluding hydrogens is 492 g/mol. The number of carbonyl (C=O) groups excluding carboxylic acids is 1. The van der Waals surface area contributed by atoms with Crippen LogP contribution in [0.3, 0.4) is 0 Å². The van der Waals surface area contributed by atoms with Gasteiger partial charge in [-0.3, -0.25) is 9.10 Å². The molecule has 3 aromatic rings. The lowest BCUT2D eigenvalue weighted by molar-refractivity contribution is -0.118. The first-order chi connectivity index (χ1) is 15.2. The van der Waals surface area contributed by atoms with E-state index in [1.54, 1.807) is 36.4 Å². The molecular formula is C24H25BrN2O4S. The number of para-hydroxylation sites is 1. The zero-order chi connectivity index (χ0) is 23.3. The molecule has 168 valence electrons. The zero-order valence-electron chi connectivity index (χ0n) is 18.1. The van der Waals surface area contributed by atoms with Gasteiger partial charge >= 0.3 is 0 Å². The molecule has 0 spiro atoms. The fourth-order valence-corrected chi connectivity index (χ4v) is 4.66. The fraction of sp³-hybridized carbons (Fsp3) is 0.208. The Labute approximate surface area is 197 Å². The molecule has 0 saturated heterocycles. The molecule has 1 amide bonds. The van der Waals surface area contributed by atoms with E-state index in [1.807, 2.05) is 24.3 Å². The van der Waals surface area contributed by atoms with Crippen LogP contribution in [-0.4, -0.2) is 28.0 Å². The number of anilines is 2. The maximum Gasteiger partial charge on any atom is 0.264 e. The molecule has 1 N–H and O–H groups in total. The highest BCUT2D eigenvalue weighted by Gasteiger charge is 2.21. The Morgan fingerprint density at radius 1 is 1.03 bits per heavy atom. The van der Waals surface area contributed by atoms with Crippen molar-refractivity contribution in [1.82, 2.24) is 0 Å². The predicted molar refractivity (Wildman–Crippen MR) is 131 cm³/mol. The number of sulfonamides is 1. The van der Waals surface area contributed by atoms with Crippen LogP contribution in [0, 0.1) is 0 Å². The van der Waals surface area contributed by atoms with Gasteiger partial charge in [0, 0.05) is 17.2 Å². The first kappa shape index (κ1) is 23.8. The minimum Gasteiger partial charge on any atom is -0.483 e. The molecule has 0 aromatic heterocycles. The van der Waals surface area contributed by atoms with Crippen molar-refractivity contribution in [3.05, 3.63) is 82.8 Å². The van der Waals surface area contributed by atoms with Crippen molar-refractivity contribution < 1.29 is 17.9 Å². The third-order valence-corrected chi connectivity index (χ3v) is 7.16. The second-order valence-electron chi connectivity index (χ2n) is 7.51. The summed E-state index contributed by atoms with van der Waals surface area (Å²) in [5.74, 6) is 0.567. The topological polar surface area (TPSA) is 75.7 Å². The number of hydrogen-bond acceptors (Lipinski definition) is 4. The highest BCUT2D eigenvalue weighted by molar-refractivity contribution is 9.10. The SMILES string of the molecule is CC(C)c1cc(Br)ccc1OCC(=O)Nc1ccc(S(=O)(=O)N(C)c2ccccc2)cc1. The fourth-order valence-electron chi connectivity index (χ4n) is 3.09. The van der Waals surface area contributed by atoms with E-state index in [9.17, 15) is 13.2 Å². The van der Waals surface area contributed by atoms with Gasteiger partial charge in [0.2, 0.25) is 0 Å². The molecule has 3 aromatic carbocycles. The van der Waals surface area contributed by atoms with Crippen LogP contribution < -0.4 is 14.4 Å². The Bertz CT molecular complexity index is 1180. The van der Waals surface area contributed by atoms with E-state index in [-0.39, 0.29) is 23.3 Å². The number of rotatable bonds is 8. The highest BCUT2D eigenvalue weighted by atomic mass is 79.9. The van der Waals surface area contributed by atoms with Crippen molar-refractivity contribution in [2.45, 2.75) is 24.7 Å². The van der Waals surface area contributed by atoms with Gasteiger partial charge in [-0.25, -0.2) is 8.42 Å². The quantitative estimate of drug-likeness (QED) is 0.433. The second kappa shape index (κ2) is 10.2. The molecule has 0 aliphatic rings. The number of ether oxygens (including phenoxy) is 1. The molecule has 32 heavy (non-hydrogen) atoms. The van der Waals surface area contributed by atoms with Crippen LogP contribution in [0.25, 0.3) is 0 Å². The monoisotopic (exact) mass is 516 g/mol. The van der Waals surface area contributed by atoms with E-state index in [4.69, 9.17) is 4.74 Å². The predicted octanol–water partition coefficient (Wildman–Crippen LogP) is 5.42. The molecule has 3 rings (SSSR count). The molecule has 6 nitrogen and oxygen atoms in total. The van der Waals surface area contributed by atoms with Crippen molar-refractivity contribution in [1.29, 1.82) is 0 Å². The molecule has 0 heterocycles. The van der Waals surface area contributed by atoms with E-state index >= 15 is 0 Å². The molecule has 0 saturated carbocycles. The summed E-state index contributed by atoms with van der Waals surface area (Å²) >= 11 is 3.45. The first-order valence-corrected chi connectivity index (χ1v) is 12.3. The van der Waals surface area contributed by atoms with Crippen LogP contribution in [0.5, 0.6) is 5.75 Å². The first-order valence-electron chi connectivity index (χ1n) is 10.0. The van der Waals surface area contributed by atoms with E-state index in [2.05, 4.69) is 35.1 Å². The Hall–Kier alpha value is -2.84. The molecule has 0 radical (unpaired) electrons. The zero-order valence-corrected chi connectivity index (χ0v) is 20.5. The molecule has 8 heteroatoms. The van der Waals surface area contributed by atoms with Gasteiger partial charge in [0.15, 0.2) is 6.61 Å². The number of amides is 1. The number of nitrogens with zero attached hydrogens (tertiary/aromatic N) is 1. The van der Waals surface area contributed by atoms with Gasteiger partial charge in [-0.1, -0.05) is 48.0 Å². The van der Waals surface area contributed by atoms with Crippen molar-refractivity contribution >= 4 is 43.2 Å². The number of carbonyl (C=O) groups is 1. The minimum absolute atomic E-state index is 0.134.